The van der Waals surface area contributed by atoms with Gasteiger partial charge in [-0.05, 0) is 44.7 Å². The molecule has 3 aromatic rings. The topological polar surface area (TPSA) is 122 Å². The predicted molar refractivity (Wildman–Crippen MR) is 176 cm³/mol. The van der Waals surface area contributed by atoms with E-state index in [-0.39, 0.29) is 18.6 Å². The molecule has 0 aromatic heterocycles. The molecular formula is C37H43N3O7. The molecule has 47 heavy (non-hydrogen) atoms. The van der Waals surface area contributed by atoms with Crippen LogP contribution in [-0.4, -0.2) is 83.4 Å². The van der Waals surface area contributed by atoms with Crippen molar-refractivity contribution >= 4 is 29.7 Å². The van der Waals surface area contributed by atoms with E-state index < -0.39 is 54.2 Å². The van der Waals surface area contributed by atoms with E-state index >= 15 is 0 Å². The molecule has 0 bridgehead atoms. The van der Waals surface area contributed by atoms with Gasteiger partial charge in [0.05, 0.1) is 0 Å². The number of likely N-dealkylation sites (tertiary alicyclic amines) is 1. The van der Waals surface area contributed by atoms with Gasteiger partial charge in [0.15, 0.2) is 12.4 Å². The van der Waals surface area contributed by atoms with Crippen LogP contribution in [0.3, 0.4) is 0 Å². The number of benzene rings is 3. The number of hydrogen-bond donors (Lipinski definition) is 1. The van der Waals surface area contributed by atoms with Crippen LogP contribution < -0.4 is 5.32 Å². The van der Waals surface area contributed by atoms with Crippen LogP contribution in [0.2, 0.25) is 0 Å². The third kappa shape index (κ3) is 10.00. The molecule has 1 aliphatic rings. The van der Waals surface area contributed by atoms with E-state index in [0.717, 1.165) is 11.1 Å². The molecule has 0 unspecified atom stereocenters. The van der Waals surface area contributed by atoms with Gasteiger partial charge in [0.1, 0.15) is 23.7 Å². The Morgan fingerprint density at radius 2 is 1.40 bits per heavy atom. The molecule has 0 radical (unpaired) electrons. The molecule has 1 N–H and O–H groups in total. The standard InChI is InChI=1S/C37H43N3O7/c1-37(2,3)47-36(45)38-29(23-26-15-8-5-9-16-26)33(42)39(4)31(24-27-17-10-6-11-18-27)34(43)40-22-14-21-30(40)35(44)46-25-32(41)28-19-12-7-13-20-28/h5-13,15-20,29-31H,14,21-25H2,1-4H3,(H,38,45)/t29-,30-,31-/m0/s1. The van der Waals surface area contributed by atoms with Gasteiger partial charge in [-0.1, -0.05) is 91.0 Å². The number of ether oxygens (including phenoxy) is 2. The van der Waals surface area contributed by atoms with Gasteiger partial charge in [0.25, 0.3) is 0 Å². The molecule has 1 heterocycles. The van der Waals surface area contributed by atoms with E-state index in [9.17, 15) is 24.0 Å². The number of nitrogens with zero attached hydrogens (tertiary/aromatic N) is 2. The minimum Gasteiger partial charge on any atom is -0.456 e. The van der Waals surface area contributed by atoms with Crippen molar-refractivity contribution in [3.05, 3.63) is 108 Å². The van der Waals surface area contributed by atoms with Gasteiger partial charge < -0.3 is 24.6 Å². The Labute approximate surface area is 276 Å². The van der Waals surface area contributed by atoms with Crippen molar-refractivity contribution in [1.29, 1.82) is 0 Å². The molecule has 1 aliphatic heterocycles. The predicted octanol–water partition coefficient (Wildman–Crippen LogP) is 4.61. The van der Waals surface area contributed by atoms with Gasteiger partial charge in [-0.3, -0.25) is 14.4 Å². The number of carbonyl (C=O) groups excluding carboxylic acids is 5. The second kappa shape index (κ2) is 16.0. The Bertz CT molecular complexity index is 1520. The van der Waals surface area contributed by atoms with Crippen LogP contribution in [0.5, 0.6) is 0 Å². The lowest BCUT2D eigenvalue weighted by molar-refractivity contribution is -0.155. The van der Waals surface area contributed by atoms with Crippen molar-refractivity contribution in [3.8, 4) is 0 Å². The summed E-state index contributed by atoms with van der Waals surface area (Å²) in [6.07, 6.45) is 0.529. The molecular weight excluding hydrogens is 598 g/mol. The van der Waals surface area contributed by atoms with Crippen LogP contribution in [0.4, 0.5) is 4.79 Å². The first-order valence-electron chi connectivity index (χ1n) is 15.8. The van der Waals surface area contributed by atoms with Crippen molar-refractivity contribution in [2.75, 3.05) is 20.2 Å². The first kappa shape index (κ1) is 34.9. The zero-order valence-corrected chi connectivity index (χ0v) is 27.4. The molecule has 4 rings (SSSR count). The molecule has 1 saturated heterocycles. The van der Waals surface area contributed by atoms with E-state index in [0.29, 0.717) is 24.9 Å². The lowest BCUT2D eigenvalue weighted by Crippen LogP contribution is -2.57. The fraction of sp³-hybridized carbons (Fsp3) is 0.378. The van der Waals surface area contributed by atoms with Crippen LogP contribution in [0.25, 0.3) is 0 Å². The first-order chi connectivity index (χ1) is 22.4. The molecule has 3 aromatic carbocycles. The summed E-state index contributed by atoms with van der Waals surface area (Å²) in [6.45, 7) is 5.05. The zero-order chi connectivity index (χ0) is 34.0. The van der Waals surface area contributed by atoms with E-state index in [2.05, 4.69) is 5.32 Å². The number of esters is 1. The van der Waals surface area contributed by atoms with Crippen LogP contribution in [0, 0.1) is 0 Å². The highest BCUT2D eigenvalue weighted by molar-refractivity contribution is 5.98. The summed E-state index contributed by atoms with van der Waals surface area (Å²) < 4.78 is 10.9. The molecule has 0 saturated carbocycles. The Hall–Kier alpha value is -4.99. The maximum absolute atomic E-state index is 14.3. The summed E-state index contributed by atoms with van der Waals surface area (Å²) >= 11 is 0. The lowest BCUT2D eigenvalue weighted by atomic mass is 10.0. The summed E-state index contributed by atoms with van der Waals surface area (Å²) in [6, 6.07) is 24.1. The van der Waals surface area contributed by atoms with Gasteiger partial charge in [0.2, 0.25) is 11.8 Å². The van der Waals surface area contributed by atoms with Gasteiger partial charge >= 0.3 is 12.1 Å². The SMILES string of the molecule is CN(C(=O)[C@H](Cc1ccccc1)NC(=O)OC(C)(C)C)[C@@H](Cc1ccccc1)C(=O)N1CCC[C@H]1C(=O)OCC(=O)c1ccccc1. The van der Waals surface area contributed by atoms with Crippen LogP contribution >= 0.6 is 0 Å². The van der Waals surface area contributed by atoms with E-state index in [1.54, 1.807) is 51.1 Å². The molecule has 10 heteroatoms. The number of hydrogen-bond acceptors (Lipinski definition) is 7. The number of rotatable bonds is 12. The molecule has 3 atom stereocenters. The smallest absolute Gasteiger partial charge is 0.408 e. The molecule has 3 amide bonds. The average molecular weight is 642 g/mol. The average Bonchev–Trinajstić information content (AvgIpc) is 3.55. The van der Waals surface area contributed by atoms with E-state index in [4.69, 9.17) is 9.47 Å². The zero-order valence-electron chi connectivity index (χ0n) is 27.4. The van der Waals surface area contributed by atoms with Gasteiger partial charge in [-0.2, -0.15) is 0 Å². The number of amides is 3. The Morgan fingerprint density at radius 1 is 0.851 bits per heavy atom. The van der Waals surface area contributed by atoms with Crippen LogP contribution in [-0.2, 0) is 36.7 Å². The minimum atomic E-state index is -1.04. The monoisotopic (exact) mass is 641 g/mol. The van der Waals surface area contributed by atoms with Crippen molar-refractivity contribution in [2.24, 2.45) is 0 Å². The largest absolute Gasteiger partial charge is 0.456 e. The van der Waals surface area contributed by atoms with E-state index in [1.165, 1.54) is 16.8 Å². The van der Waals surface area contributed by atoms with Gasteiger partial charge in [-0.15, -0.1) is 0 Å². The third-order valence-corrected chi connectivity index (χ3v) is 7.89. The molecule has 10 nitrogen and oxygen atoms in total. The quantitative estimate of drug-likeness (QED) is 0.226. The highest BCUT2D eigenvalue weighted by Crippen LogP contribution is 2.23. The Balaban J connectivity index is 1.56. The van der Waals surface area contributed by atoms with Crippen molar-refractivity contribution in [1.82, 2.24) is 15.1 Å². The summed E-state index contributed by atoms with van der Waals surface area (Å²) in [5.41, 5.74) is 1.27. The third-order valence-electron chi connectivity index (χ3n) is 7.89. The fourth-order valence-electron chi connectivity index (χ4n) is 5.53. The number of carbonyl (C=O) groups is 5. The highest BCUT2D eigenvalue weighted by atomic mass is 16.6. The maximum Gasteiger partial charge on any atom is 0.408 e. The first-order valence-corrected chi connectivity index (χ1v) is 15.8. The molecule has 248 valence electrons. The summed E-state index contributed by atoms with van der Waals surface area (Å²) in [4.78, 5) is 69.9. The van der Waals surface area contributed by atoms with Gasteiger partial charge in [-0.25, -0.2) is 9.59 Å². The second-order valence-electron chi connectivity index (χ2n) is 12.6. The number of Topliss-reactive ketones (excluding diaryl/α,β-unsaturated/α-hetero) is 1. The van der Waals surface area contributed by atoms with Crippen LogP contribution in [0.1, 0.15) is 55.1 Å². The fourth-order valence-corrected chi connectivity index (χ4v) is 5.53. The summed E-state index contributed by atoms with van der Waals surface area (Å²) in [5.74, 6) is -1.92. The summed E-state index contributed by atoms with van der Waals surface area (Å²) in [7, 11) is 1.53. The second-order valence-corrected chi connectivity index (χ2v) is 12.6. The van der Waals surface area contributed by atoms with Crippen molar-refractivity contribution < 1.29 is 33.4 Å². The highest BCUT2D eigenvalue weighted by Gasteiger charge is 2.41. The maximum atomic E-state index is 14.3. The number of alkyl carbamates (subject to hydrolysis) is 1. The van der Waals surface area contributed by atoms with Gasteiger partial charge in [0, 0.05) is 32.0 Å². The van der Waals surface area contributed by atoms with E-state index in [1.807, 2.05) is 60.7 Å². The minimum absolute atomic E-state index is 0.170. The normalized spacial score (nSPS) is 15.7. The number of ketones is 1. The van der Waals surface area contributed by atoms with Crippen LogP contribution in [0.15, 0.2) is 91.0 Å². The lowest BCUT2D eigenvalue weighted by Gasteiger charge is -2.35. The Morgan fingerprint density at radius 3 is 1.98 bits per heavy atom. The van der Waals surface area contributed by atoms with Crippen molar-refractivity contribution in [3.63, 3.8) is 0 Å². The number of nitrogens with one attached hydrogen (secondary N) is 1. The molecule has 0 aliphatic carbocycles. The number of likely N-dealkylation sites (N-methyl/N-ethyl adjacent to an activating group) is 1. The molecule has 1 fully saturated rings. The Kier molecular flexibility index (Phi) is 11.9. The molecule has 0 spiro atoms. The summed E-state index contributed by atoms with van der Waals surface area (Å²) in [5, 5.41) is 2.71. The van der Waals surface area contributed by atoms with Crippen molar-refractivity contribution in [2.45, 2.75) is 70.2 Å².